The van der Waals surface area contributed by atoms with Crippen molar-refractivity contribution in [3.05, 3.63) is 34.8 Å². The lowest BCUT2D eigenvalue weighted by Gasteiger charge is -2.14. The number of nitrogens with zero attached hydrogens (tertiary/aromatic N) is 1. The van der Waals surface area contributed by atoms with Gasteiger partial charge in [0.15, 0.2) is 5.13 Å². The van der Waals surface area contributed by atoms with Gasteiger partial charge < -0.3 is 15.8 Å². The highest BCUT2D eigenvalue weighted by Gasteiger charge is 2.18. The van der Waals surface area contributed by atoms with Gasteiger partial charge in [0.1, 0.15) is 0 Å². The van der Waals surface area contributed by atoms with Crippen LogP contribution in [0.15, 0.2) is 23.6 Å². The Labute approximate surface area is 128 Å². The molecule has 0 amide bonds. The summed E-state index contributed by atoms with van der Waals surface area (Å²) in [7, 11) is 1.33. The van der Waals surface area contributed by atoms with Gasteiger partial charge in [-0.05, 0) is 12.1 Å². The Kier molecular flexibility index (Phi) is 4.18. The number of aromatic nitrogens is 1. The van der Waals surface area contributed by atoms with Crippen LogP contribution in [0, 0.1) is 0 Å². The third-order valence-corrected chi connectivity index (χ3v) is 3.78. The number of esters is 1. The molecule has 0 saturated carbocycles. The van der Waals surface area contributed by atoms with Gasteiger partial charge in [0, 0.05) is 10.8 Å². The van der Waals surface area contributed by atoms with E-state index >= 15 is 0 Å². The van der Waals surface area contributed by atoms with Crippen molar-refractivity contribution in [1.29, 1.82) is 0 Å². The number of rotatable bonds is 3. The number of nitrogens with one attached hydrogen (secondary N) is 1. The first kappa shape index (κ1) is 15.3. The van der Waals surface area contributed by atoms with Gasteiger partial charge in [-0.25, -0.2) is 9.78 Å². The van der Waals surface area contributed by atoms with E-state index in [2.05, 4.69) is 31.1 Å². The minimum absolute atomic E-state index is 0.00413. The van der Waals surface area contributed by atoms with Crippen LogP contribution >= 0.6 is 11.3 Å². The van der Waals surface area contributed by atoms with E-state index in [1.807, 2.05) is 5.38 Å². The van der Waals surface area contributed by atoms with E-state index in [4.69, 9.17) is 10.5 Å². The Morgan fingerprint density at radius 3 is 2.67 bits per heavy atom. The summed E-state index contributed by atoms with van der Waals surface area (Å²) >= 11 is 1.51. The zero-order chi connectivity index (χ0) is 15.6. The summed E-state index contributed by atoms with van der Waals surface area (Å²) in [5.74, 6) is -0.453. The molecule has 0 radical (unpaired) electrons. The number of ether oxygens (including phenoxy) is 1. The summed E-state index contributed by atoms with van der Waals surface area (Å²) in [5, 5.41) is 5.92. The van der Waals surface area contributed by atoms with E-state index in [-0.39, 0.29) is 5.41 Å². The van der Waals surface area contributed by atoms with E-state index in [9.17, 15) is 4.79 Å². The Bertz CT molecular complexity index is 659. The highest BCUT2D eigenvalue weighted by atomic mass is 32.1. The molecule has 1 aromatic carbocycles. The SMILES string of the molecule is COC(=O)c1cccc(Nc2nc(C(C)(C)C)cs2)c1N. The number of nitrogens with two attached hydrogens (primary N) is 1. The van der Waals surface area contributed by atoms with Crippen LogP contribution in [0.1, 0.15) is 36.8 Å². The Morgan fingerprint density at radius 2 is 2.10 bits per heavy atom. The van der Waals surface area contributed by atoms with E-state index in [0.717, 1.165) is 10.8 Å². The third kappa shape index (κ3) is 3.33. The molecule has 2 aromatic rings. The fourth-order valence-corrected chi connectivity index (χ4v) is 2.70. The van der Waals surface area contributed by atoms with Crippen LogP contribution in [0.3, 0.4) is 0 Å². The summed E-state index contributed by atoms with van der Waals surface area (Å²) in [6.45, 7) is 6.33. The fourth-order valence-electron chi connectivity index (χ4n) is 1.75. The maximum atomic E-state index is 11.6. The number of nitrogen functional groups attached to an aromatic ring is 1. The first-order valence-corrected chi connectivity index (χ1v) is 7.40. The second-order valence-corrected chi connectivity index (χ2v) is 6.53. The molecule has 6 heteroatoms. The normalized spacial score (nSPS) is 11.2. The summed E-state index contributed by atoms with van der Waals surface area (Å²) < 4.78 is 4.71. The van der Waals surface area contributed by atoms with Crippen molar-refractivity contribution >= 4 is 33.8 Å². The number of methoxy groups -OCH3 is 1. The second-order valence-electron chi connectivity index (χ2n) is 5.67. The zero-order valence-corrected chi connectivity index (χ0v) is 13.4. The molecule has 0 atom stereocenters. The maximum absolute atomic E-state index is 11.6. The van der Waals surface area contributed by atoms with Gasteiger partial charge in [0.05, 0.1) is 29.7 Å². The highest BCUT2D eigenvalue weighted by molar-refractivity contribution is 7.13. The molecule has 0 bridgehead atoms. The van der Waals surface area contributed by atoms with Crippen molar-refractivity contribution in [2.24, 2.45) is 0 Å². The lowest BCUT2D eigenvalue weighted by Crippen LogP contribution is -2.11. The third-order valence-electron chi connectivity index (χ3n) is 3.03. The van der Waals surface area contributed by atoms with E-state index in [1.54, 1.807) is 18.2 Å². The quantitative estimate of drug-likeness (QED) is 0.670. The summed E-state index contributed by atoms with van der Waals surface area (Å²) in [5.41, 5.74) is 8.37. The summed E-state index contributed by atoms with van der Waals surface area (Å²) in [4.78, 5) is 16.2. The number of anilines is 3. The minimum Gasteiger partial charge on any atom is -0.465 e. The van der Waals surface area contributed by atoms with Crippen LogP contribution in [0.5, 0.6) is 0 Å². The van der Waals surface area contributed by atoms with Crippen molar-refractivity contribution < 1.29 is 9.53 Å². The molecule has 112 valence electrons. The molecule has 1 heterocycles. The number of benzene rings is 1. The molecule has 5 nitrogen and oxygen atoms in total. The number of para-hydroxylation sites is 1. The summed E-state index contributed by atoms with van der Waals surface area (Å²) in [6.07, 6.45) is 0. The van der Waals surface area contributed by atoms with E-state index in [1.165, 1.54) is 18.4 Å². The van der Waals surface area contributed by atoms with Gasteiger partial charge >= 0.3 is 5.97 Å². The zero-order valence-electron chi connectivity index (χ0n) is 12.6. The van der Waals surface area contributed by atoms with Crippen molar-refractivity contribution in [1.82, 2.24) is 4.98 Å². The predicted molar refractivity (Wildman–Crippen MR) is 86.3 cm³/mol. The molecule has 2 rings (SSSR count). The Balaban J connectivity index is 2.28. The van der Waals surface area contributed by atoms with Crippen LogP contribution in [-0.2, 0) is 10.2 Å². The monoisotopic (exact) mass is 305 g/mol. The molecular weight excluding hydrogens is 286 g/mol. The molecule has 21 heavy (non-hydrogen) atoms. The molecule has 0 aliphatic rings. The molecule has 0 saturated heterocycles. The molecule has 0 aliphatic carbocycles. The van der Waals surface area contributed by atoms with Crippen LogP contribution in [0.25, 0.3) is 0 Å². The first-order valence-electron chi connectivity index (χ1n) is 6.52. The van der Waals surface area contributed by atoms with Gasteiger partial charge in [0.25, 0.3) is 0 Å². The highest BCUT2D eigenvalue weighted by Crippen LogP contribution is 2.31. The van der Waals surface area contributed by atoms with Crippen LogP contribution in [0.4, 0.5) is 16.5 Å². The van der Waals surface area contributed by atoms with Gasteiger partial charge in [-0.3, -0.25) is 0 Å². The summed E-state index contributed by atoms with van der Waals surface area (Å²) in [6, 6.07) is 5.19. The number of carbonyl (C=O) groups is 1. The predicted octanol–water partition coefficient (Wildman–Crippen LogP) is 3.55. The average Bonchev–Trinajstić information content (AvgIpc) is 2.89. The topological polar surface area (TPSA) is 77.2 Å². The molecule has 1 aromatic heterocycles. The Morgan fingerprint density at radius 1 is 1.38 bits per heavy atom. The second kappa shape index (κ2) is 5.73. The standard InChI is InChI=1S/C15H19N3O2S/c1-15(2,3)11-8-21-14(18-11)17-10-7-5-6-9(12(10)16)13(19)20-4/h5-8H,16H2,1-4H3,(H,17,18). The van der Waals surface area contributed by atoms with Gasteiger partial charge in [-0.1, -0.05) is 26.8 Å². The van der Waals surface area contributed by atoms with Gasteiger partial charge in [-0.15, -0.1) is 11.3 Å². The average molecular weight is 305 g/mol. The van der Waals surface area contributed by atoms with Gasteiger partial charge in [0.2, 0.25) is 0 Å². The van der Waals surface area contributed by atoms with Crippen LogP contribution in [0.2, 0.25) is 0 Å². The lowest BCUT2D eigenvalue weighted by atomic mass is 9.93. The van der Waals surface area contributed by atoms with Crippen molar-refractivity contribution in [2.45, 2.75) is 26.2 Å². The molecular formula is C15H19N3O2S. The number of thiazole rings is 1. The van der Waals surface area contributed by atoms with Crippen LogP contribution in [-0.4, -0.2) is 18.1 Å². The molecule has 3 N–H and O–H groups in total. The molecule has 0 aliphatic heterocycles. The van der Waals surface area contributed by atoms with Crippen molar-refractivity contribution in [3.63, 3.8) is 0 Å². The maximum Gasteiger partial charge on any atom is 0.340 e. The smallest absolute Gasteiger partial charge is 0.340 e. The van der Waals surface area contributed by atoms with Crippen molar-refractivity contribution in [2.75, 3.05) is 18.2 Å². The number of hydrogen-bond donors (Lipinski definition) is 2. The minimum atomic E-state index is -0.453. The fraction of sp³-hybridized carbons (Fsp3) is 0.333. The first-order chi connectivity index (χ1) is 9.82. The Hall–Kier alpha value is -2.08. The molecule has 0 fully saturated rings. The largest absolute Gasteiger partial charge is 0.465 e. The number of carbonyl (C=O) groups excluding carboxylic acids is 1. The lowest BCUT2D eigenvalue weighted by molar-refractivity contribution is 0.0602. The number of hydrogen-bond acceptors (Lipinski definition) is 6. The van der Waals surface area contributed by atoms with E-state index < -0.39 is 5.97 Å². The van der Waals surface area contributed by atoms with Gasteiger partial charge in [-0.2, -0.15) is 0 Å². The van der Waals surface area contributed by atoms with Crippen molar-refractivity contribution in [3.8, 4) is 0 Å². The van der Waals surface area contributed by atoms with E-state index in [0.29, 0.717) is 16.9 Å². The molecule has 0 spiro atoms. The molecule has 0 unspecified atom stereocenters. The van der Waals surface area contributed by atoms with Crippen LogP contribution < -0.4 is 11.1 Å².